The largest absolute Gasteiger partial charge is 0.497 e. The molecule has 1 atom stereocenters. The van der Waals surface area contributed by atoms with Crippen molar-refractivity contribution in [3.63, 3.8) is 0 Å². The van der Waals surface area contributed by atoms with Crippen molar-refractivity contribution in [1.29, 1.82) is 0 Å². The maximum Gasteiger partial charge on any atom is 0.331 e. The van der Waals surface area contributed by atoms with Crippen LogP contribution >= 0.6 is 0 Å². The molecule has 0 heterocycles. The van der Waals surface area contributed by atoms with E-state index in [4.69, 9.17) is 14.2 Å². The minimum atomic E-state index is -1.30. The van der Waals surface area contributed by atoms with Crippen LogP contribution in [0.5, 0.6) is 5.75 Å². The van der Waals surface area contributed by atoms with E-state index in [1.807, 2.05) is 0 Å². The highest BCUT2D eigenvalue weighted by Gasteiger charge is 2.38. The number of rotatable bonds is 8. The molecule has 0 saturated carbocycles. The molecule has 1 aromatic rings. The summed E-state index contributed by atoms with van der Waals surface area (Å²) in [6, 6.07) is 6.51. The van der Waals surface area contributed by atoms with Gasteiger partial charge >= 0.3 is 11.9 Å². The van der Waals surface area contributed by atoms with Crippen molar-refractivity contribution in [3.8, 4) is 5.75 Å². The maximum atomic E-state index is 12.6. The molecule has 0 bridgehead atoms. The molecule has 0 fully saturated rings. The quantitative estimate of drug-likeness (QED) is 0.541. The topological polar surface area (TPSA) is 90.9 Å². The Balaban J connectivity index is 2.98. The van der Waals surface area contributed by atoms with Crippen molar-refractivity contribution in [2.75, 3.05) is 14.2 Å². The molecule has 7 heteroatoms. The highest BCUT2D eigenvalue weighted by molar-refractivity contribution is 5.98. The Morgan fingerprint density at radius 2 is 1.68 bits per heavy atom. The first-order chi connectivity index (χ1) is 13.1. The van der Waals surface area contributed by atoms with Gasteiger partial charge in [0.1, 0.15) is 16.9 Å². The summed E-state index contributed by atoms with van der Waals surface area (Å²) < 4.78 is 15.2. The summed E-state index contributed by atoms with van der Waals surface area (Å²) in [5, 5.41) is 2.75. The summed E-state index contributed by atoms with van der Waals surface area (Å²) in [5.74, 6) is -0.929. The fourth-order valence-electron chi connectivity index (χ4n) is 2.48. The molecule has 1 amide bonds. The van der Waals surface area contributed by atoms with Gasteiger partial charge in [0.05, 0.1) is 14.2 Å². The second kappa shape index (κ2) is 9.92. The molecule has 0 aliphatic rings. The van der Waals surface area contributed by atoms with Crippen molar-refractivity contribution in [3.05, 3.63) is 42.0 Å². The smallest absolute Gasteiger partial charge is 0.331 e. The number of carbonyl (C=O) groups excluding carboxylic acids is 3. The van der Waals surface area contributed by atoms with Crippen LogP contribution in [0.15, 0.2) is 36.4 Å². The Hall–Kier alpha value is -2.83. The number of nitrogens with one attached hydrogen (secondary N) is 1. The van der Waals surface area contributed by atoms with Gasteiger partial charge in [-0.15, -0.1) is 0 Å². The zero-order valence-electron chi connectivity index (χ0n) is 17.3. The van der Waals surface area contributed by atoms with Gasteiger partial charge in [-0.25, -0.2) is 9.59 Å². The first kappa shape index (κ1) is 23.2. The number of esters is 2. The third-order valence-electron chi connectivity index (χ3n) is 4.01. The summed E-state index contributed by atoms with van der Waals surface area (Å²) >= 11 is 0. The Bertz CT molecular complexity index is 717. The molecule has 0 radical (unpaired) electrons. The van der Waals surface area contributed by atoms with E-state index < -0.39 is 29.0 Å². The zero-order valence-corrected chi connectivity index (χ0v) is 17.3. The third kappa shape index (κ3) is 6.72. The Morgan fingerprint density at radius 3 is 2.14 bits per heavy atom. The molecule has 0 unspecified atom stereocenters. The van der Waals surface area contributed by atoms with Crippen LogP contribution in [-0.2, 0) is 19.1 Å². The number of hydrogen-bond acceptors (Lipinski definition) is 6. The highest BCUT2D eigenvalue weighted by Crippen LogP contribution is 2.20. The van der Waals surface area contributed by atoms with Gasteiger partial charge < -0.3 is 19.5 Å². The molecule has 0 aliphatic carbocycles. The lowest BCUT2D eigenvalue weighted by Crippen LogP contribution is -2.54. The first-order valence-electron chi connectivity index (χ1n) is 9.01. The molecule has 154 valence electrons. The number of carbonyl (C=O) groups is 3. The number of hydrogen-bond donors (Lipinski definition) is 1. The molecule has 1 aromatic carbocycles. The maximum absolute atomic E-state index is 12.6. The lowest BCUT2D eigenvalue weighted by atomic mass is 9.91. The van der Waals surface area contributed by atoms with Crippen LogP contribution in [0.4, 0.5) is 0 Å². The molecule has 1 N–H and O–H groups in total. The van der Waals surface area contributed by atoms with E-state index in [9.17, 15) is 14.4 Å². The molecule has 0 aromatic heterocycles. The average Bonchev–Trinajstić information content (AvgIpc) is 2.65. The molecule has 0 saturated heterocycles. The van der Waals surface area contributed by atoms with Gasteiger partial charge in [0, 0.05) is 11.6 Å². The van der Waals surface area contributed by atoms with Crippen molar-refractivity contribution in [2.24, 2.45) is 0 Å². The summed E-state index contributed by atoms with van der Waals surface area (Å²) in [6.07, 6.45) is 3.11. The second-order valence-electron chi connectivity index (χ2n) is 7.25. The predicted molar refractivity (Wildman–Crippen MR) is 105 cm³/mol. The van der Waals surface area contributed by atoms with Gasteiger partial charge in [-0.3, -0.25) is 4.79 Å². The predicted octanol–water partition coefficient (Wildman–Crippen LogP) is 3.03. The summed E-state index contributed by atoms with van der Waals surface area (Å²) in [4.78, 5) is 36.9. The lowest BCUT2D eigenvalue weighted by molar-refractivity contribution is -0.149. The van der Waals surface area contributed by atoms with Crippen LogP contribution in [0.2, 0.25) is 0 Å². The highest BCUT2D eigenvalue weighted by atomic mass is 16.6. The summed E-state index contributed by atoms with van der Waals surface area (Å²) in [7, 11) is 2.79. The van der Waals surface area contributed by atoms with Crippen LogP contribution in [0, 0.1) is 0 Å². The van der Waals surface area contributed by atoms with Crippen molar-refractivity contribution >= 4 is 17.8 Å². The van der Waals surface area contributed by atoms with E-state index in [0.29, 0.717) is 11.3 Å². The number of amides is 1. The molecule has 0 spiro atoms. The average molecular weight is 391 g/mol. The van der Waals surface area contributed by atoms with Gasteiger partial charge in [0.2, 0.25) is 0 Å². The molecule has 7 nitrogen and oxygen atoms in total. The van der Waals surface area contributed by atoms with Crippen molar-refractivity contribution in [2.45, 2.75) is 51.7 Å². The zero-order chi connectivity index (χ0) is 21.4. The van der Waals surface area contributed by atoms with E-state index in [2.05, 4.69) is 5.32 Å². The Kier molecular flexibility index (Phi) is 8.22. The van der Waals surface area contributed by atoms with Crippen molar-refractivity contribution < 1.29 is 28.6 Å². The van der Waals surface area contributed by atoms with E-state index >= 15 is 0 Å². The van der Waals surface area contributed by atoms with Gasteiger partial charge in [-0.1, -0.05) is 13.0 Å². The third-order valence-corrected chi connectivity index (χ3v) is 4.01. The van der Waals surface area contributed by atoms with Crippen LogP contribution in [0.25, 0.3) is 0 Å². The van der Waals surface area contributed by atoms with Gasteiger partial charge in [0.25, 0.3) is 5.91 Å². The van der Waals surface area contributed by atoms with E-state index in [1.165, 1.54) is 26.4 Å². The second-order valence-corrected chi connectivity index (χ2v) is 7.25. The summed E-state index contributed by atoms with van der Waals surface area (Å²) in [5.41, 5.74) is -1.54. The van der Waals surface area contributed by atoms with Crippen LogP contribution < -0.4 is 10.1 Å². The normalized spacial score (nSPS) is 13.5. The van der Waals surface area contributed by atoms with Gasteiger partial charge in [0.15, 0.2) is 0 Å². The molecule has 28 heavy (non-hydrogen) atoms. The molecular weight excluding hydrogens is 362 g/mol. The Morgan fingerprint density at radius 1 is 1.07 bits per heavy atom. The molecule has 1 rings (SSSR count). The van der Waals surface area contributed by atoms with Crippen molar-refractivity contribution in [1.82, 2.24) is 5.32 Å². The summed E-state index contributed by atoms with van der Waals surface area (Å²) in [6.45, 7) is 7.04. The van der Waals surface area contributed by atoms with Crippen LogP contribution in [0.3, 0.4) is 0 Å². The minimum Gasteiger partial charge on any atom is -0.497 e. The fourth-order valence-corrected chi connectivity index (χ4v) is 2.48. The number of benzene rings is 1. The number of methoxy groups -OCH3 is 2. The molecule has 0 aliphatic heterocycles. The van der Waals surface area contributed by atoms with Gasteiger partial charge in [-0.05, 0) is 57.9 Å². The standard InChI is InChI=1S/C21H29NO6/c1-7-21(19(25)27-6,14-8-9-17(23)28-20(2,3)4)22-18(24)15-10-12-16(26-5)13-11-15/h8-13H,7,14H2,1-6H3,(H,22,24)/b9-8+/t21-/m1/s1. The lowest BCUT2D eigenvalue weighted by Gasteiger charge is -2.30. The van der Waals surface area contributed by atoms with Gasteiger partial charge in [-0.2, -0.15) is 0 Å². The SMILES string of the molecule is CC[C@](C/C=C/C(=O)OC(C)(C)C)(NC(=O)c1ccc(OC)cc1)C(=O)OC. The monoisotopic (exact) mass is 391 g/mol. The number of ether oxygens (including phenoxy) is 3. The minimum absolute atomic E-state index is 0.0807. The molecular formula is C21H29NO6. The van der Waals surface area contributed by atoms with Crippen LogP contribution in [0.1, 0.15) is 50.9 Å². The van der Waals surface area contributed by atoms with E-state index in [0.717, 1.165) is 0 Å². The van der Waals surface area contributed by atoms with Crippen LogP contribution in [-0.4, -0.2) is 43.2 Å². The Labute approximate surface area is 166 Å². The fraction of sp³-hybridized carbons (Fsp3) is 0.476. The van der Waals surface area contributed by atoms with E-state index in [-0.39, 0.29) is 12.8 Å². The first-order valence-corrected chi connectivity index (χ1v) is 9.01. The van der Waals surface area contributed by atoms with E-state index in [1.54, 1.807) is 52.0 Å².